The first-order valence-electron chi connectivity index (χ1n) is 10.2. The number of H-pyrrole nitrogens is 1. The number of carbonyl (C=O) groups excluding carboxylic acids is 1. The van der Waals surface area contributed by atoms with E-state index in [0.717, 1.165) is 39.9 Å². The van der Waals surface area contributed by atoms with Gasteiger partial charge < -0.3 is 15.2 Å². The van der Waals surface area contributed by atoms with Gasteiger partial charge in [-0.25, -0.2) is 13.6 Å². The Bertz CT molecular complexity index is 1280. The van der Waals surface area contributed by atoms with Gasteiger partial charge in [-0.15, -0.1) is 0 Å². The number of rotatable bonds is 2. The predicted octanol–water partition coefficient (Wildman–Crippen LogP) is 5.93. The zero-order valence-corrected chi connectivity index (χ0v) is 17.0. The van der Waals surface area contributed by atoms with Crippen molar-refractivity contribution >= 4 is 22.6 Å². The standard InChI is InChI=1S/C25H21F2N3O/c1-15-6-8-16(9-7-15)24-23-19(18-4-2-3-5-21(18)28-23)12-13-30(24)25(31)29-22-11-10-17(26)14-20(22)27/h2-11,14,24,28H,12-13H2,1H3,(H,29,31)/t24-/m1/s1. The minimum atomic E-state index is -0.802. The number of halogens is 2. The normalized spacial score (nSPS) is 15.7. The minimum Gasteiger partial charge on any atom is -0.356 e. The Morgan fingerprint density at radius 1 is 1.06 bits per heavy atom. The number of urea groups is 1. The Balaban J connectivity index is 1.57. The monoisotopic (exact) mass is 417 g/mol. The van der Waals surface area contributed by atoms with E-state index in [0.29, 0.717) is 13.0 Å². The first-order valence-corrected chi connectivity index (χ1v) is 10.2. The Kier molecular flexibility index (Phi) is 4.70. The van der Waals surface area contributed by atoms with Crippen molar-refractivity contribution in [2.75, 3.05) is 11.9 Å². The highest BCUT2D eigenvalue weighted by Gasteiger charge is 2.34. The number of anilines is 1. The molecule has 1 aliphatic heterocycles. The smallest absolute Gasteiger partial charge is 0.322 e. The Morgan fingerprint density at radius 3 is 2.61 bits per heavy atom. The van der Waals surface area contributed by atoms with Crippen molar-refractivity contribution in [1.82, 2.24) is 9.88 Å². The highest BCUT2D eigenvalue weighted by molar-refractivity contribution is 5.91. The first kappa shape index (κ1) is 19.3. The molecule has 0 radical (unpaired) electrons. The van der Waals surface area contributed by atoms with Gasteiger partial charge in [0.2, 0.25) is 0 Å². The second kappa shape index (κ2) is 7.54. The van der Waals surface area contributed by atoms with Gasteiger partial charge in [-0.2, -0.15) is 0 Å². The van der Waals surface area contributed by atoms with Crippen LogP contribution in [0.5, 0.6) is 0 Å². The first-order chi connectivity index (χ1) is 15.0. The van der Waals surface area contributed by atoms with Crippen molar-refractivity contribution in [1.29, 1.82) is 0 Å². The van der Waals surface area contributed by atoms with Gasteiger partial charge in [0.15, 0.2) is 0 Å². The molecule has 0 saturated carbocycles. The lowest BCUT2D eigenvalue weighted by atomic mass is 9.92. The number of hydrogen-bond donors (Lipinski definition) is 2. The van der Waals surface area contributed by atoms with Gasteiger partial charge in [0.1, 0.15) is 11.6 Å². The van der Waals surface area contributed by atoms with E-state index in [1.54, 1.807) is 4.90 Å². The molecule has 0 spiro atoms. The average Bonchev–Trinajstić information content (AvgIpc) is 3.14. The van der Waals surface area contributed by atoms with Crippen LogP contribution in [0.4, 0.5) is 19.3 Å². The van der Waals surface area contributed by atoms with Crippen molar-refractivity contribution in [3.63, 3.8) is 0 Å². The van der Waals surface area contributed by atoms with Gasteiger partial charge in [0, 0.05) is 29.2 Å². The Labute approximate surface area is 178 Å². The molecule has 156 valence electrons. The lowest BCUT2D eigenvalue weighted by molar-refractivity contribution is 0.193. The van der Waals surface area contributed by atoms with E-state index < -0.39 is 17.7 Å². The highest BCUT2D eigenvalue weighted by Crippen LogP contribution is 2.38. The van der Waals surface area contributed by atoms with E-state index in [-0.39, 0.29) is 11.7 Å². The SMILES string of the molecule is Cc1ccc([C@@H]2c3[nH]c4ccccc4c3CCN2C(=O)Nc2ccc(F)cc2F)cc1. The molecule has 2 N–H and O–H groups in total. The zero-order chi connectivity index (χ0) is 21.5. The van der Waals surface area contributed by atoms with Crippen LogP contribution < -0.4 is 5.32 Å². The van der Waals surface area contributed by atoms with Crippen LogP contribution in [0.1, 0.15) is 28.4 Å². The molecule has 0 fully saturated rings. The van der Waals surface area contributed by atoms with E-state index in [2.05, 4.69) is 16.4 Å². The molecule has 6 heteroatoms. The molecule has 2 amide bonds. The molecule has 3 aromatic carbocycles. The number of nitrogens with one attached hydrogen (secondary N) is 2. The topological polar surface area (TPSA) is 48.1 Å². The van der Waals surface area contributed by atoms with Crippen LogP contribution in [0, 0.1) is 18.6 Å². The Morgan fingerprint density at radius 2 is 1.84 bits per heavy atom. The molecule has 0 aliphatic carbocycles. The fourth-order valence-electron chi connectivity index (χ4n) is 4.33. The minimum absolute atomic E-state index is 0.0449. The fourth-order valence-corrected chi connectivity index (χ4v) is 4.33. The van der Waals surface area contributed by atoms with Gasteiger partial charge in [-0.3, -0.25) is 0 Å². The molecule has 4 nitrogen and oxygen atoms in total. The molecule has 2 heterocycles. The number of nitrogens with zero attached hydrogens (tertiary/aromatic N) is 1. The maximum Gasteiger partial charge on any atom is 0.322 e. The molecule has 1 atom stereocenters. The molecule has 1 aliphatic rings. The third-order valence-electron chi connectivity index (χ3n) is 5.86. The molecule has 1 aromatic heterocycles. The molecular weight excluding hydrogens is 396 g/mol. The highest BCUT2D eigenvalue weighted by atomic mass is 19.1. The average molecular weight is 417 g/mol. The van der Waals surface area contributed by atoms with Crippen molar-refractivity contribution < 1.29 is 13.6 Å². The number of hydrogen-bond acceptors (Lipinski definition) is 1. The van der Waals surface area contributed by atoms with Crippen molar-refractivity contribution in [3.8, 4) is 0 Å². The summed E-state index contributed by atoms with van der Waals surface area (Å²) in [6.45, 7) is 2.49. The van der Waals surface area contributed by atoms with Gasteiger partial charge in [0.25, 0.3) is 0 Å². The molecular formula is C25H21F2N3O. The van der Waals surface area contributed by atoms with Crippen LogP contribution in [-0.4, -0.2) is 22.5 Å². The van der Waals surface area contributed by atoms with E-state index in [1.807, 2.05) is 49.4 Å². The van der Waals surface area contributed by atoms with Crippen molar-refractivity contribution in [2.24, 2.45) is 0 Å². The summed E-state index contributed by atoms with van der Waals surface area (Å²) in [6, 6.07) is 18.5. The van der Waals surface area contributed by atoms with E-state index in [4.69, 9.17) is 0 Å². The number of carbonyl (C=O) groups is 1. The van der Waals surface area contributed by atoms with E-state index in [9.17, 15) is 13.6 Å². The zero-order valence-electron chi connectivity index (χ0n) is 17.0. The third-order valence-corrected chi connectivity index (χ3v) is 5.86. The Hall–Kier alpha value is -3.67. The largest absolute Gasteiger partial charge is 0.356 e. The lowest BCUT2D eigenvalue weighted by Crippen LogP contribution is -2.43. The van der Waals surface area contributed by atoms with E-state index in [1.165, 1.54) is 11.6 Å². The molecule has 4 aromatic rings. The molecule has 31 heavy (non-hydrogen) atoms. The van der Waals surface area contributed by atoms with Crippen LogP contribution in [0.25, 0.3) is 10.9 Å². The predicted molar refractivity (Wildman–Crippen MR) is 117 cm³/mol. The maximum atomic E-state index is 14.1. The fraction of sp³-hybridized carbons (Fsp3) is 0.160. The van der Waals surface area contributed by atoms with Crippen LogP contribution >= 0.6 is 0 Å². The van der Waals surface area contributed by atoms with Crippen molar-refractivity contribution in [2.45, 2.75) is 19.4 Å². The summed E-state index contributed by atoms with van der Waals surface area (Å²) in [7, 11) is 0. The number of para-hydroxylation sites is 1. The third kappa shape index (κ3) is 3.44. The lowest BCUT2D eigenvalue weighted by Gasteiger charge is -2.36. The van der Waals surface area contributed by atoms with E-state index >= 15 is 0 Å². The summed E-state index contributed by atoms with van der Waals surface area (Å²) in [5.41, 5.74) is 5.23. The number of aromatic amines is 1. The number of aryl methyl sites for hydroxylation is 1. The van der Waals surface area contributed by atoms with Crippen LogP contribution in [0.15, 0.2) is 66.7 Å². The van der Waals surface area contributed by atoms with Gasteiger partial charge >= 0.3 is 6.03 Å². The summed E-state index contributed by atoms with van der Waals surface area (Å²) in [5.74, 6) is -1.49. The van der Waals surface area contributed by atoms with Crippen LogP contribution in [0.3, 0.4) is 0 Å². The van der Waals surface area contributed by atoms with Crippen LogP contribution in [-0.2, 0) is 6.42 Å². The number of aromatic nitrogens is 1. The molecule has 0 saturated heterocycles. The molecule has 0 bridgehead atoms. The van der Waals surface area contributed by atoms with Gasteiger partial charge in [-0.05, 0) is 42.7 Å². The summed E-state index contributed by atoms with van der Waals surface area (Å²) in [4.78, 5) is 18.4. The summed E-state index contributed by atoms with van der Waals surface area (Å²) >= 11 is 0. The molecule has 0 unspecified atom stereocenters. The quantitative estimate of drug-likeness (QED) is 0.417. The summed E-state index contributed by atoms with van der Waals surface area (Å²) in [6.07, 6.45) is 0.682. The van der Waals surface area contributed by atoms with Crippen LogP contribution in [0.2, 0.25) is 0 Å². The van der Waals surface area contributed by atoms with Crippen molar-refractivity contribution in [3.05, 3.63) is 101 Å². The number of benzene rings is 3. The second-order valence-electron chi connectivity index (χ2n) is 7.87. The summed E-state index contributed by atoms with van der Waals surface area (Å²) < 4.78 is 27.4. The number of amides is 2. The van der Waals surface area contributed by atoms with Gasteiger partial charge in [-0.1, -0.05) is 48.0 Å². The summed E-state index contributed by atoms with van der Waals surface area (Å²) in [5, 5.41) is 3.77. The maximum absolute atomic E-state index is 14.1. The van der Waals surface area contributed by atoms with Gasteiger partial charge in [0.05, 0.1) is 11.7 Å². The second-order valence-corrected chi connectivity index (χ2v) is 7.87. The molecule has 5 rings (SSSR count). The number of fused-ring (bicyclic) bond motifs is 3.